The molecule has 14 unspecified atom stereocenters. The van der Waals surface area contributed by atoms with E-state index in [2.05, 4.69) is 0 Å². The standard InChI is InChI=1S/C49H85NO34/c1-13-16(4)73-21(9-54)37(26(13)59)79-43-14(2)27(60)38(22(10-55)76-43)80-45-35(68)33(66)31(64)24(78-45)12-72-47-42(34(67)30(63)19(7-52)75-47)82-44-15(3)28(61)39(23(11-56)77-44)81-46-36(69)41(32(65)20(8-53)74-46)84-49(48(70)71)5-17(57)25(50)40(83-49)29(62)18(58)6-51/h13-47,51-69H,5-12,50H2,1-4H3,(H,70,71)/t13-,14+,15?,16+,17-,18-,19?,20?,21?,22?,23+,24?,25-,26?,27?,28?,29-,30-,31-,32+,33?,34?,35?,36+,37-,38-,39-,40?,41?,42-,43+,44+,45+,46+,47+,49+/m1/s1. The van der Waals surface area contributed by atoms with Crippen molar-refractivity contribution in [1.29, 1.82) is 0 Å². The SMILES string of the molecule is CC1C(O)[C@H](O[C@@H]2OC(CO)[C@H](O)C(O[C@]3(C(=O)O)C[C@@H](O)[C@@H](N)C([C@H](O)[C@H](O)CO)O3)[C@@H]2O)[C@H](CO)O[C@H]1O[C@@H]1C(O)[C@H](O)C(CO)O[C@@H]1OCC1O[C@@H](O[C@@H]2C(CO)O[C@@H](O[C@@H]3C(CO)O[C@@H](C)[C@@H](C)C3O)[C@@H](C)C2O)C(O)C(O)[C@@H]1O. The zero-order valence-corrected chi connectivity index (χ0v) is 46.1. The first-order valence-corrected chi connectivity index (χ1v) is 27.6. The van der Waals surface area contributed by atoms with Gasteiger partial charge in [0.15, 0.2) is 31.5 Å². The fourth-order valence-electron chi connectivity index (χ4n) is 11.3. The smallest absolute Gasteiger partial charge is 0.364 e. The number of aliphatic hydroxyl groups excluding tert-OH is 19. The predicted octanol–water partition coefficient (Wildman–Crippen LogP) is -12.2. The van der Waals surface area contributed by atoms with Crippen molar-refractivity contribution in [3.8, 4) is 0 Å². The van der Waals surface area contributed by atoms with Gasteiger partial charge in [0.2, 0.25) is 0 Å². The van der Waals surface area contributed by atoms with Crippen molar-refractivity contribution in [2.24, 2.45) is 23.5 Å². The van der Waals surface area contributed by atoms with Crippen LogP contribution in [0.3, 0.4) is 0 Å². The number of nitrogens with two attached hydrogens (primary N) is 1. The minimum atomic E-state index is -3.07. The number of carboxylic acid groups (broad SMARTS) is 1. The first-order valence-electron chi connectivity index (χ1n) is 27.6. The molecule has 0 aromatic heterocycles. The van der Waals surface area contributed by atoms with Crippen molar-refractivity contribution < 1.29 is 169 Å². The van der Waals surface area contributed by atoms with Crippen molar-refractivity contribution in [3.63, 3.8) is 0 Å². The largest absolute Gasteiger partial charge is 0.477 e. The molecule has 0 amide bonds. The molecule has 0 aromatic rings. The number of aliphatic carboxylic acids is 1. The third kappa shape index (κ3) is 14.2. The first-order chi connectivity index (χ1) is 39.6. The van der Waals surface area contributed by atoms with Gasteiger partial charge >= 0.3 is 5.97 Å². The van der Waals surface area contributed by atoms with Crippen molar-refractivity contribution in [2.45, 2.75) is 236 Å². The molecule has 7 rings (SSSR count). The Balaban J connectivity index is 1.03. The molecule has 7 saturated heterocycles. The van der Waals surface area contributed by atoms with E-state index in [9.17, 15) is 107 Å². The van der Waals surface area contributed by atoms with Gasteiger partial charge in [0.1, 0.15) is 128 Å². The van der Waals surface area contributed by atoms with Gasteiger partial charge in [0.05, 0.1) is 82.8 Å². The second-order valence-corrected chi connectivity index (χ2v) is 22.5. The Morgan fingerprint density at radius 2 is 0.917 bits per heavy atom. The van der Waals surface area contributed by atoms with Crippen LogP contribution in [-0.4, -0.2) is 356 Å². The molecule has 0 bridgehead atoms. The highest BCUT2D eigenvalue weighted by molar-refractivity contribution is 5.76. The summed E-state index contributed by atoms with van der Waals surface area (Å²) < 4.78 is 76.0. The summed E-state index contributed by atoms with van der Waals surface area (Å²) >= 11 is 0. The molecule has 0 radical (unpaired) electrons. The van der Waals surface area contributed by atoms with Crippen molar-refractivity contribution in [1.82, 2.24) is 0 Å². The molecule has 7 aliphatic heterocycles. The molecule has 36 atom stereocenters. The highest BCUT2D eigenvalue weighted by Crippen LogP contribution is 2.41. The summed E-state index contributed by atoms with van der Waals surface area (Å²) in [6.45, 7) is -0.0167. The molecular weight excluding hydrogens is 1150 g/mol. The number of aliphatic hydroxyl groups is 19. The maximum Gasteiger partial charge on any atom is 0.364 e. The number of hydrogen-bond donors (Lipinski definition) is 21. The monoisotopic (exact) mass is 1230 g/mol. The Bertz CT molecular complexity index is 2040. The number of rotatable bonds is 22. The maximum atomic E-state index is 12.8. The van der Waals surface area contributed by atoms with Gasteiger partial charge in [-0.05, 0) is 6.92 Å². The van der Waals surface area contributed by atoms with E-state index in [1.165, 1.54) is 13.8 Å². The summed E-state index contributed by atoms with van der Waals surface area (Å²) in [7, 11) is 0. The third-order valence-electron chi connectivity index (χ3n) is 17.0. The van der Waals surface area contributed by atoms with Gasteiger partial charge in [0.25, 0.3) is 5.79 Å². The Morgan fingerprint density at radius 3 is 1.43 bits per heavy atom. The van der Waals surface area contributed by atoms with Crippen LogP contribution in [0, 0.1) is 17.8 Å². The molecule has 490 valence electrons. The van der Waals surface area contributed by atoms with E-state index in [0.717, 1.165) is 0 Å². The molecular formula is C49H85NO34. The summed E-state index contributed by atoms with van der Waals surface area (Å²) in [6, 6.07) is -1.58. The summed E-state index contributed by atoms with van der Waals surface area (Å²) in [5, 5.41) is 215. The van der Waals surface area contributed by atoms with E-state index < -0.39 is 278 Å². The van der Waals surface area contributed by atoms with Gasteiger partial charge in [0, 0.05) is 24.2 Å². The van der Waals surface area contributed by atoms with Crippen LogP contribution >= 0.6 is 0 Å². The van der Waals surface area contributed by atoms with Crippen LogP contribution in [0.2, 0.25) is 0 Å². The van der Waals surface area contributed by atoms with Gasteiger partial charge in [-0.15, -0.1) is 0 Å². The summed E-state index contributed by atoms with van der Waals surface area (Å²) in [6.07, 6.45) is -54.7. The zero-order chi connectivity index (χ0) is 62.1. The molecule has 35 heteroatoms. The fraction of sp³-hybridized carbons (Fsp3) is 0.980. The van der Waals surface area contributed by atoms with E-state index in [4.69, 9.17) is 67.3 Å². The maximum absolute atomic E-state index is 12.8. The third-order valence-corrected chi connectivity index (χ3v) is 17.0. The van der Waals surface area contributed by atoms with E-state index in [1.54, 1.807) is 13.8 Å². The van der Waals surface area contributed by atoms with Crippen LogP contribution in [0.25, 0.3) is 0 Å². The van der Waals surface area contributed by atoms with Crippen LogP contribution in [-0.2, 0) is 66.4 Å². The first kappa shape index (κ1) is 69.6. The molecule has 22 N–H and O–H groups in total. The molecule has 84 heavy (non-hydrogen) atoms. The minimum absolute atomic E-state index is 0.440. The normalized spacial score (nSPS) is 51.3. The average molecular weight is 1230 g/mol. The lowest BCUT2D eigenvalue weighted by Crippen LogP contribution is -2.70. The van der Waals surface area contributed by atoms with Crippen LogP contribution in [0.5, 0.6) is 0 Å². The van der Waals surface area contributed by atoms with Gasteiger partial charge in [-0.1, -0.05) is 20.8 Å². The summed E-state index contributed by atoms with van der Waals surface area (Å²) in [5.74, 6) is -7.82. The molecule has 7 aliphatic rings. The highest BCUT2D eigenvalue weighted by Gasteiger charge is 2.61. The topological polar surface area (TPSA) is 568 Å². The van der Waals surface area contributed by atoms with Crippen LogP contribution in [0.4, 0.5) is 0 Å². The van der Waals surface area contributed by atoms with Gasteiger partial charge in [-0.3, -0.25) is 0 Å². The molecule has 0 spiro atoms. The van der Waals surface area contributed by atoms with E-state index in [0.29, 0.717) is 0 Å². The van der Waals surface area contributed by atoms with Crippen molar-refractivity contribution in [3.05, 3.63) is 0 Å². The lowest BCUT2D eigenvalue weighted by atomic mass is 9.88. The summed E-state index contributed by atoms with van der Waals surface area (Å²) in [5.41, 5.74) is 5.95. The second kappa shape index (κ2) is 29.4. The van der Waals surface area contributed by atoms with E-state index >= 15 is 0 Å². The molecule has 7 fully saturated rings. The molecule has 0 aromatic carbocycles. The number of carbonyl (C=O) groups is 1. The molecule has 35 nitrogen and oxygen atoms in total. The van der Waals surface area contributed by atoms with E-state index in [1.807, 2.05) is 0 Å². The van der Waals surface area contributed by atoms with Crippen LogP contribution < -0.4 is 5.73 Å². The Hall–Kier alpha value is -1.85. The lowest BCUT2D eigenvalue weighted by molar-refractivity contribution is -0.393. The molecule has 7 heterocycles. The quantitative estimate of drug-likeness (QED) is 0.0479. The Labute approximate surface area is 479 Å². The average Bonchev–Trinajstić information content (AvgIpc) is 1.71. The number of hydrogen-bond acceptors (Lipinski definition) is 34. The minimum Gasteiger partial charge on any atom is -0.477 e. The molecule has 0 aliphatic carbocycles. The van der Waals surface area contributed by atoms with Crippen molar-refractivity contribution >= 4 is 5.97 Å². The lowest BCUT2D eigenvalue weighted by Gasteiger charge is -2.50. The van der Waals surface area contributed by atoms with Gasteiger partial charge in [-0.25, -0.2) is 4.79 Å². The number of ether oxygens (including phenoxy) is 13. The van der Waals surface area contributed by atoms with Crippen LogP contribution in [0.1, 0.15) is 34.1 Å². The van der Waals surface area contributed by atoms with Crippen molar-refractivity contribution in [2.75, 3.05) is 46.2 Å². The van der Waals surface area contributed by atoms with E-state index in [-0.39, 0.29) is 0 Å². The predicted molar refractivity (Wildman–Crippen MR) is 264 cm³/mol. The second-order valence-electron chi connectivity index (χ2n) is 22.5. The Kier molecular flexibility index (Phi) is 24.4. The summed E-state index contributed by atoms with van der Waals surface area (Å²) in [4.78, 5) is 12.8. The highest BCUT2D eigenvalue weighted by atomic mass is 16.8. The van der Waals surface area contributed by atoms with Gasteiger partial charge in [-0.2, -0.15) is 0 Å². The fourth-order valence-corrected chi connectivity index (χ4v) is 11.3. The number of carboxylic acids is 1. The Morgan fingerprint density at radius 1 is 0.488 bits per heavy atom. The van der Waals surface area contributed by atoms with Gasteiger partial charge < -0.3 is 169 Å². The van der Waals surface area contributed by atoms with Crippen LogP contribution in [0.15, 0.2) is 0 Å². The zero-order valence-electron chi connectivity index (χ0n) is 46.1. The molecule has 0 saturated carbocycles.